The van der Waals surface area contributed by atoms with Crippen LogP contribution in [0.2, 0.25) is 0 Å². The van der Waals surface area contributed by atoms with E-state index in [4.69, 9.17) is 4.65 Å². The average molecular weight is 363 g/mol. The molecule has 1 aromatic heterocycles. The molecule has 1 aromatic carbocycles. The van der Waals surface area contributed by atoms with E-state index in [0.29, 0.717) is 12.6 Å². The molecular weight excluding hydrogens is 341 g/mol. The molecule has 7 nitrogen and oxygen atoms in total. The number of aryl methyl sites for hydroxylation is 1. The number of anilines is 3. The van der Waals surface area contributed by atoms with Gasteiger partial charge in [0.2, 0.25) is 5.95 Å². The van der Waals surface area contributed by atoms with Gasteiger partial charge in [-0.15, -0.1) is 0 Å². The van der Waals surface area contributed by atoms with Crippen LogP contribution in [-0.4, -0.2) is 28.2 Å². The number of rotatable bonds is 4. The molecule has 8 heteroatoms. The lowest BCUT2D eigenvalue weighted by atomic mass is 9.79. The first kappa shape index (κ1) is 17.8. The molecule has 0 amide bonds. The lowest BCUT2D eigenvalue weighted by Gasteiger charge is -2.28. The predicted molar refractivity (Wildman–Crippen MR) is 104 cm³/mol. The van der Waals surface area contributed by atoms with Crippen molar-refractivity contribution in [2.45, 2.75) is 45.3 Å². The van der Waals surface area contributed by atoms with Gasteiger partial charge in [-0.25, -0.2) is 4.98 Å². The van der Waals surface area contributed by atoms with E-state index in [1.54, 1.807) is 6.20 Å². The zero-order valence-electron chi connectivity index (χ0n) is 15.3. The highest BCUT2D eigenvalue weighted by Gasteiger charge is 2.27. The highest BCUT2D eigenvalue weighted by atomic mass is 16.5. The summed E-state index contributed by atoms with van der Waals surface area (Å²) >= 11 is 0. The highest BCUT2D eigenvalue weighted by molar-refractivity contribution is 6.61. The Bertz CT molecular complexity index is 885. The predicted octanol–water partition coefficient (Wildman–Crippen LogP) is 2.24. The molecule has 1 saturated carbocycles. The summed E-state index contributed by atoms with van der Waals surface area (Å²) in [7, 11) is -0.843. The van der Waals surface area contributed by atoms with Crippen molar-refractivity contribution in [1.29, 1.82) is 5.26 Å². The second kappa shape index (κ2) is 7.55. The maximum Gasteiger partial charge on any atom is 0.491 e. The number of nitrogens with one attached hydrogen (secondary N) is 2. The van der Waals surface area contributed by atoms with Crippen molar-refractivity contribution in [3.8, 4) is 6.07 Å². The highest BCUT2D eigenvalue weighted by Crippen LogP contribution is 2.28. The maximum atomic E-state index is 9.73. The van der Waals surface area contributed by atoms with Crippen LogP contribution in [-0.2, 0) is 11.3 Å². The summed E-state index contributed by atoms with van der Waals surface area (Å²) < 4.78 is 5.23. The zero-order valence-corrected chi connectivity index (χ0v) is 15.3. The molecule has 4 rings (SSSR count). The first-order chi connectivity index (χ1) is 13.1. The van der Waals surface area contributed by atoms with Crippen molar-refractivity contribution in [2.24, 2.45) is 5.92 Å². The summed E-state index contributed by atoms with van der Waals surface area (Å²) in [5.74, 6) is 1.28. The minimum absolute atomic E-state index is 0.0210. The number of hydrogen-bond donors (Lipinski definition) is 3. The topological polar surface area (TPSA) is 103 Å². The van der Waals surface area contributed by atoms with E-state index in [1.165, 1.54) is 0 Å². The lowest BCUT2D eigenvalue weighted by molar-refractivity contribution is 0.275. The van der Waals surface area contributed by atoms with Gasteiger partial charge in [-0.1, -0.05) is 18.9 Å². The summed E-state index contributed by atoms with van der Waals surface area (Å²) in [5, 5.41) is 25.8. The van der Waals surface area contributed by atoms with Gasteiger partial charge >= 0.3 is 7.12 Å². The maximum absolute atomic E-state index is 9.73. The molecule has 2 heterocycles. The van der Waals surface area contributed by atoms with Gasteiger partial charge in [-0.3, -0.25) is 0 Å². The molecule has 1 fully saturated rings. The third-order valence-corrected chi connectivity index (χ3v) is 5.29. The van der Waals surface area contributed by atoms with Crippen LogP contribution in [0.3, 0.4) is 0 Å². The van der Waals surface area contributed by atoms with E-state index in [-0.39, 0.29) is 12.0 Å². The Hall–Kier alpha value is -2.63. The summed E-state index contributed by atoms with van der Waals surface area (Å²) in [4.78, 5) is 8.98. The third kappa shape index (κ3) is 3.75. The van der Waals surface area contributed by atoms with Crippen LogP contribution in [0, 0.1) is 24.2 Å². The van der Waals surface area contributed by atoms with Crippen LogP contribution in [0.25, 0.3) is 0 Å². The van der Waals surface area contributed by atoms with E-state index in [2.05, 4.69) is 26.7 Å². The quantitative estimate of drug-likeness (QED) is 0.716. The second-order valence-corrected chi connectivity index (χ2v) is 7.20. The molecule has 138 valence electrons. The van der Waals surface area contributed by atoms with Crippen molar-refractivity contribution in [3.05, 3.63) is 35.5 Å². The van der Waals surface area contributed by atoms with Crippen molar-refractivity contribution in [2.75, 3.05) is 10.6 Å². The molecule has 0 saturated heterocycles. The van der Waals surface area contributed by atoms with Crippen LogP contribution >= 0.6 is 0 Å². The summed E-state index contributed by atoms with van der Waals surface area (Å²) in [6.07, 6.45) is 5.95. The SMILES string of the molecule is Cc1cnc(Nc2ccc3c(c2)COB3O)nc1NC1CCCCC1C#N. The van der Waals surface area contributed by atoms with Gasteiger partial charge in [0.1, 0.15) is 5.82 Å². The molecule has 0 spiro atoms. The third-order valence-electron chi connectivity index (χ3n) is 5.29. The second-order valence-electron chi connectivity index (χ2n) is 7.20. The Balaban J connectivity index is 1.51. The standard InChI is InChI=1S/C19H22BN5O2/c1-12-10-22-19(23-15-6-7-16-14(8-15)11-27-20(16)26)25-18(12)24-17-5-3-2-4-13(17)9-21/h6-8,10,13,17,26H,2-5,11H2,1H3,(H2,22,23,24,25). The fourth-order valence-corrected chi connectivity index (χ4v) is 3.72. The van der Waals surface area contributed by atoms with Gasteiger partial charge in [-0.2, -0.15) is 10.2 Å². The van der Waals surface area contributed by atoms with E-state index in [9.17, 15) is 10.3 Å². The van der Waals surface area contributed by atoms with Crippen molar-refractivity contribution in [3.63, 3.8) is 0 Å². The largest absolute Gasteiger partial charge is 0.491 e. The smallest absolute Gasteiger partial charge is 0.423 e. The molecule has 27 heavy (non-hydrogen) atoms. The van der Waals surface area contributed by atoms with Crippen LogP contribution in [0.1, 0.15) is 36.8 Å². The Labute approximate surface area is 158 Å². The van der Waals surface area contributed by atoms with Crippen LogP contribution in [0.15, 0.2) is 24.4 Å². The summed E-state index contributed by atoms with van der Waals surface area (Å²) in [5.41, 5.74) is 3.55. The van der Waals surface area contributed by atoms with Crippen LogP contribution < -0.4 is 16.1 Å². The number of hydrogen-bond acceptors (Lipinski definition) is 7. The number of aromatic nitrogens is 2. The van der Waals surface area contributed by atoms with Gasteiger partial charge < -0.3 is 20.3 Å². The van der Waals surface area contributed by atoms with Crippen LogP contribution in [0.4, 0.5) is 17.5 Å². The summed E-state index contributed by atoms with van der Waals surface area (Å²) in [6, 6.07) is 8.21. The normalized spacial score (nSPS) is 21.4. The van der Waals surface area contributed by atoms with Gasteiger partial charge in [0.05, 0.1) is 18.6 Å². The number of nitrogens with zero attached hydrogens (tertiary/aromatic N) is 3. The molecule has 2 aliphatic rings. The lowest BCUT2D eigenvalue weighted by Crippen LogP contribution is -2.32. The molecule has 2 unspecified atom stereocenters. The number of benzene rings is 1. The molecule has 0 radical (unpaired) electrons. The fraction of sp³-hybridized carbons (Fsp3) is 0.421. The Morgan fingerprint density at radius 3 is 3.04 bits per heavy atom. The zero-order chi connectivity index (χ0) is 18.8. The van der Waals surface area contributed by atoms with E-state index in [1.807, 2.05) is 25.1 Å². The van der Waals surface area contributed by atoms with Crippen molar-refractivity contribution in [1.82, 2.24) is 9.97 Å². The van der Waals surface area contributed by atoms with Crippen molar-refractivity contribution >= 4 is 30.0 Å². The Kier molecular flexibility index (Phi) is 4.97. The Morgan fingerprint density at radius 2 is 2.19 bits per heavy atom. The molecule has 1 aliphatic carbocycles. The number of nitriles is 1. The van der Waals surface area contributed by atoms with Gasteiger partial charge in [0.25, 0.3) is 0 Å². The first-order valence-electron chi connectivity index (χ1n) is 9.33. The van der Waals surface area contributed by atoms with Gasteiger partial charge in [0, 0.05) is 23.5 Å². The first-order valence-corrected chi connectivity index (χ1v) is 9.33. The van der Waals surface area contributed by atoms with E-state index in [0.717, 1.165) is 53.8 Å². The Morgan fingerprint density at radius 1 is 1.33 bits per heavy atom. The molecule has 2 atom stereocenters. The minimum atomic E-state index is -0.843. The van der Waals surface area contributed by atoms with Crippen molar-refractivity contribution < 1.29 is 9.68 Å². The molecular formula is C19H22BN5O2. The van der Waals surface area contributed by atoms with Crippen LogP contribution in [0.5, 0.6) is 0 Å². The van der Waals surface area contributed by atoms with E-state index < -0.39 is 7.12 Å². The monoisotopic (exact) mass is 363 g/mol. The number of fused-ring (bicyclic) bond motifs is 1. The molecule has 0 bridgehead atoms. The average Bonchev–Trinajstić information content (AvgIpc) is 3.05. The molecule has 2 aromatic rings. The molecule has 1 aliphatic heterocycles. The van der Waals surface area contributed by atoms with E-state index >= 15 is 0 Å². The minimum Gasteiger partial charge on any atom is -0.423 e. The molecule has 3 N–H and O–H groups in total. The fourth-order valence-electron chi connectivity index (χ4n) is 3.72. The van der Waals surface area contributed by atoms with Gasteiger partial charge in [-0.05, 0) is 42.9 Å². The summed E-state index contributed by atoms with van der Waals surface area (Å²) in [6.45, 7) is 2.36. The van der Waals surface area contributed by atoms with Gasteiger partial charge in [0.15, 0.2) is 0 Å².